The molecule has 1 atom stereocenters. The molecule has 4 rings (SSSR count). The van der Waals surface area contributed by atoms with Crippen LogP contribution in [0, 0.1) is 0 Å². The number of hydrogen-bond donors (Lipinski definition) is 2. The zero-order valence-electron chi connectivity index (χ0n) is 19.2. The van der Waals surface area contributed by atoms with Crippen molar-refractivity contribution in [1.82, 2.24) is 10.6 Å². The van der Waals surface area contributed by atoms with Gasteiger partial charge in [-0.2, -0.15) is 0 Å². The van der Waals surface area contributed by atoms with Crippen LogP contribution in [0.1, 0.15) is 47.7 Å². The summed E-state index contributed by atoms with van der Waals surface area (Å²) in [5, 5.41) is 7.85. The minimum Gasteiger partial charge on any atom is -0.356 e. The van der Waals surface area contributed by atoms with Crippen molar-refractivity contribution in [2.45, 2.75) is 31.8 Å². The molecule has 33 heavy (non-hydrogen) atoms. The molecule has 0 amide bonds. The summed E-state index contributed by atoms with van der Waals surface area (Å²) in [4.78, 5) is 0. The molecule has 0 aliphatic carbocycles. The molecule has 0 fully saturated rings. The van der Waals surface area contributed by atoms with Crippen molar-refractivity contribution in [3.63, 3.8) is 0 Å². The Kier molecular flexibility index (Phi) is 7.21. The highest BCUT2D eigenvalue weighted by molar-refractivity contribution is 7.80. The minimum atomic E-state index is -0.625. The third kappa shape index (κ3) is 4.99. The van der Waals surface area contributed by atoms with Gasteiger partial charge in [0.25, 0.3) is 0 Å². The van der Waals surface area contributed by atoms with Crippen molar-refractivity contribution in [1.29, 1.82) is 0 Å². The van der Waals surface area contributed by atoms with Gasteiger partial charge in [0.15, 0.2) is 5.11 Å². The first-order valence-corrected chi connectivity index (χ1v) is 11.9. The number of benzene rings is 4. The van der Waals surface area contributed by atoms with Gasteiger partial charge in [-0.15, -0.1) is 0 Å². The van der Waals surface area contributed by atoms with E-state index in [4.69, 9.17) is 12.2 Å². The number of aryl methyl sites for hydroxylation is 1. The van der Waals surface area contributed by atoms with E-state index in [1.165, 1.54) is 11.1 Å². The van der Waals surface area contributed by atoms with Gasteiger partial charge >= 0.3 is 0 Å². The maximum Gasteiger partial charge on any atom is 0.168 e. The standard InChI is InChI=1S/C30H30N2S/c1-3-24-19-21-25(22-20-24)23(2)31-29(33)32-30(26-13-7-4-8-14-26,27-15-9-5-10-16-27)28-17-11-6-12-18-28/h4-23H,3H2,1-2H3,(H2,31,32,33)/t23-/m1/s1. The van der Waals surface area contributed by atoms with Gasteiger partial charge in [-0.05, 0) is 53.4 Å². The van der Waals surface area contributed by atoms with E-state index in [1.54, 1.807) is 0 Å². The fraction of sp³-hybridized carbons (Fsp3) is 0.167. The number of hydrogen-bond acceptors (Lipinski definition) is 1. The van der Waals surface area contributed by atoms with Crippen LogP contribution in [0.3, 0.4) is 0 Å². The van der Waals surface area contributed by atoms with Crippen molar-refractivity contribution < 1.29 is 0 Å². The SMILES string of the molecule is CCc1ccc([C@@H](C)NC(=S)NC(c2ccccc2)(c2ccccc2)c2ccccc2)cc1. The lowest BCUT2D eigenvalue weighted by molar-refractivity contribution is 0.557. The maximum atomic E-state index is 5.90. The molecule has 0 spiro atoms. The van der Waals surface area contributed by atoms with E-state index in [9.17, 15) is 0 Å². The third-order valence-electron chi connectivity index (χ3n) is 6.16. The predicted octanol–water partition coefficient (Wildman–Crippen LogP) is 6.77. The molecule has 2 N–H and O–H groups in total. The van der Waals surface area contributed by atoms with Crippen LogP contribution in [0.15, 0.2) is 115 Å². The Hall–Kier alpha value is -3.43. The second-order valence-corrected chi connectivity index (χ2v) is 8.67. The molecular formula is C30H30N2S. The second kappa shape index (κ2) is 10.5. The van der Waals surface area contributed by atoms with E-state index in [2.05, 4.69) is 122 Å². The molecule has 0 unspecified atom stereocenters. The lowest BCUT2D eigenvalue weighted by Gasteiger charge is -2.38. The molecule has 0 aliphatic heterocycles. The van der Waals surface area contributed by atoms with Gasteiger partial charge in [0, 0.05) is 0 Å². The molecular weight excluding hydrogens is 420 g/mol. The summed E-state index contributed by atoms with van der Waals surface area (Å²) in [6.45, 7) is 4.32. The molecule has 0 aromatic heterocycles. The van der Waals surface area contributed by atoms with E-state index in [1.807, 2.05) is 18.2 Å². The zero-order valence-corrected chi connectivity index (χ0v) is 20.0. The van der Waals surface area contributed by atoms with Crippen LogP contribution >= 0.6 is 12.2 Å². The van der Waals surface area contributed by atoms with Crippen LogP contribution in [-0.2, 0) is 12.0 Å². The Morgan fingerprint density at radius 1 is 0.697 bits per heavy atom. The first-order chi connectivity index (χ1) is 16.1. The van der Waals surface area contributed by atoms with Crippen LogP contribution in [0.4, 0.5) is 0 Å². The Morgan fingerprint density at radius 3 is 1.52 bits per heavy atom. The van der Waals surface area contributed by atoms with Gasteiger partial charge in [0.1, 0.15) is 5.54 Å². The van der Waals surface area contributed by atoms with Crippen molar-refractivity contribution >= 4 is 17.3 Å². The molecule has 4 aromatic rings. The summed E-state index contributed by atoms with van der Waals surface area (Å²) in [5.41, 5.74) is 5.31. The van der Waals surface area contributed by atoms with Crippen molar-refractivity contribution in [3.8, 4) is 0 Å². The van der Waals surface area contributed by atoms with Crippen molar-refractivity contribution in [3.05, 3.63) is 143 Å². The average molecular weight is 451 g/mol. The summed E-state index contributed by atoms with van der Waals surface area (Å²) in [6.07, 6.45) is 1.04. The quantitative estimate of drug-likeness (QED) is 0.240. The Balaban J connectivity index is 1.72. The summed E-state index contributed by atoms with van der Waals surface area (Å²) < 4.78 is 0. The molecule has 0 aliphatic rings. The van der Waals surface area contributed by atoms with Gasteiger partial charge in [-0.1, -0.05) is 122 Å². The topological polar surface area (TPSA) is 24.1 Å². The van der Waals surface area contributed by atoms with E-state index < -0.39 is 5.54 Å². The normalized spacial score (nSPS) is 12.1. The van der Waals surface area contributed by atoms with Gasteiger partial charge in [0.2, 0.25) is 0 Å². The van der Waals surface area contributed by atoms with E-state index in [0.29, 0.717) is 5.11 Å². The summed E-state index contributed by atoms with van der Waals surface area (Å²) >= 11 is 5.90. The molecule has 0 heterocycles. The molecule has 3 heteroatoms. The number of rotatable bonds is 7. The highest BCUT2D eigenvalue weighted by Gasteiger charge is 2.37. The molecule has 0 saturated heterocycles. The first-order valence-electron chi connectivity index (χ1n) is 11.5. The Labute approximate surface area is 202 Å². The molecule has 0 radical (unpaired) electrons. The van der Waals surface area contributed by atoms with E-state index in [-0.39, 0.29) is 6.04 Å². The average Bonchev–Trinajstić information content (AvgIpc) is 2.89. The van der Waals surface area contributed by atoms with Crippen LogP contribution in [0.25, 0.3) is 0 Å². The molecule has 4 aromatic carbocycles. The van der Waals surface area contributed by atoms with E-state index in [0.717, 1.165) is 23.1 Å². The minimum absolute atomic E-state index is 0.0796. The summed E-state index contributed by atoms with van der Waals surface area (Å²) in [5.74, 6) is 0. The fourth-order valence-electron chi connectivity index (χ4n) is 4.31. The zero-order chi connectivity index (χ0) is 23.1. The molecule has 2 nitrogen and oxygen atoms in total. The van der Waals surface area contributed by atoms with Crippen molar-refractivity contribution in [2.75, 3.05) is 0 Å². The van der Waals surface area contributed by atoms with Crippen LogP contribution in [-0.4, -0.2) is 5.11 Å². The Bertz CT molecular complexity index is 1060. The molecule has 166 valence electrons. The predicted molar refractivity (Wildman–Crippen MR) is 142 cm³/mol. The highest BCUT2D eigenvalue weighted by Crippen LogP contribution is 2.36. The smallest absolute Gasteiger partial charge is 0.168 e. The maximum absolute atomic E-state index is 5.90. The highest BCUT2D eigenvalue weighted by atomic mass is 32.1. The molecule has 0 saturated carbocycles. The lowest BCUT2D eigenvalue weighted by atomic mass is 9.77. The largest absolute Gasteiger partial charge is 0.356 e. The van der Waals surface area contributed by atoms with Crippen LogP contribution in [0.5, 0.6) is 0 Å². The summed E-state index contributed by atoms with van der Waals surface area (Å²) in [7, 11) is 0. The number of nitrogens with one attached hydrogen (secondary N) is 2. The van der Waals surface area contributed by atoms with Crippen molar-refractivity contribution in [2.24, 2.45) is 0 Å². The lowest BCUT2D eigenvalue weighted by Crippen LogP contribution is -2.51. The van der Waals surface area contributed by atoms with Crippen LogP contribution < -0.4 is 10.6 Å². The van der Waals surface area contributed by atoms with Gasteiger partial charge in [0.05, 0.1) is 6.04 Å². The van der Waals surface area contributed by atoms with Crippen LogP contribution in [0.2, 0.25) is 0 Å². The molecule has 0 bridgehead atoms. The van der Waals surface area contributed by atoms with Gasteiger partial charge in [-0.3, -0.25) is 0 Å². The summed E-state index contributed by atoms with van der Waals surface area (Å²) in [6, 6.07) is 40.3. The first kappa shape index (κ1) is 22.8. The number of thiocarbonyl (C=S) groups is 1. The van der Waals surface area contributed by atoms with E-state index >= 15 is 0 Å². The Morgan fingerprint density at radius 2 is 1.12 bits per heavy atom. The van der Waals surface area contributed by atoms with Gasteiger partial charge < -0.3 is 10.6 Å². The van der Waals surface area contributed by atoms with Gasteiger partial charge in [-0.25, -0.2) is 0 Å². The monoisotopic (exact) mass is 450 g/mol. The third-order valence-corrected chi connectivity index (χ3v) is 6.38. The fourth-order valence-corrected chi connectivity index (χ4v) is 4.64. The second-order valence-electron chi connectivity index (χ2n) is 8.26.